The van der Waals surface area contributed by atoms with Gasteiger partial charge in [-0.25, -0.2) is 17.5 Å². The molecule has 0 amide bonds. The zero-order valence-electron chi connectivity index (χ0n) is 9.33. The molecule has 0 atom stereocenters. The first-order chi connectivity index (χ1) is 7.88. The fraction of sp³-hybridized carbons (Fsp3) is 0.455. The fourth-order valence-corrected chi connectivity index (χ4v) is 4.24. The Kier molecular flexibility index (Phi) is 3.31. The van der Waals surface area contributed by atoms with Crippen molar-refractivity contribution in [2.24, 2.45) is 0 Å². The second-order valence-electron chi connectivity index (χ2n) is 4.43. The minimum absolute atomic E-state index is 0.145. The van der Waals surface area contributed by atoms with Crippen molar-refractivity contribution in [1.82, 2.24) is 4.72 Å². The van der Waals surface area contributed by atoms with E-state index in [4.69, 9.17) is 0 Å². The molecule has 0 bridgehead atoms. The first-order valence-electron chi connectivity index (χ1n) is 5.25. The summed E-state index contributed by atoms with van der Waals surface area (Å²) in [6, 6.07) is 3.69. The molecular weight excluding hydrogens is 309 g/mol. The number of rotatable bonds is 4. The Labute approximate surface area is 109 Å². The van der Waals surface area contributed by atoms with Crippen molar-refractivity contribution >= 4 is 26.0 Å². The lowest BCUT2D eigenvalue weighted by atomic mass is 10.2. The molecule has 1 aliphatic rings. The molecule has 1 saturated carbocycles. The summed E-state index contributed by atoms with van der Waals surface area (Å²) >= 11 is 3.30. The van der Waals surface area contributed by atoms with Crippen molar-refractivity contribution < 1.29 is 12.8 Å². The summed E-state index contributed by atoms with van der Waals surface area (Å²) in [6.45, 7) is 1.59. The van der Waals surface area contributed by atoms with Crippen molar-refractivity contribution in [2.45, 2.75) is 30.2 Å². The van der Waals surface area contributed by atoms with Gasteiger partial charge in [-0.15, -0.1) is 0 Å². The first kappa shape index (κ1) is 13.0. The molecule has 0 saturated heterocycles. The monoisotopic (exact) mass is 321 g/mol. The van der Waals surface area contributed by atoms with E-state index in [0.29, 0.717) is 10.9 Å². The van der Waals surface area contributed by atoms with Gasteiger partial charge in [0.2, 0.25) is 10.0 Å². The van der Waals surface area contributed by atoms with Crippen LogP contribution in [0.2, 0.25) is 0 Å². The van der Waals surface area contributed by atoms with Crippen LogP contribution in [0.15, 0.2) is 23.1 Å². The third-order valence-corrected chi connectivity index (χ3v) is 5.70. The Morgan fingerprint density at radius 1 is 1.47 bits per heavy atom. The molecule has 0 aliphatic heterocycles. The van der Waals surface area contributed by atoms with Crippen LogP contribution in [-0.4, -0.2) is 19.3 Å². The molecule has 2 rings (SSSR count). The number of hydrogen-bond donors (Lipinski definition) is 1. The van der Waals surface area contributed by atoms with Crippen molar-refractivity contribution in [1.29, 1.82) is 0 Å². The van der Waals surface area contributed by atoms with Gasteiger partial charge in [-0.1, -0.05) is 15.9 Å². The Morgan fingerprint density at radius 2 is 2.12 bits per heavy atom. The van der Waals surface area contributed by atoms with Gasteiger partial charge in [0.05, 0.1) is 4.90 Å². The molecule has 17 heavy (non-hydrogen) atoms. The summed E-state index contributed by atoms with van der Waals surface area (Å²) in [6.07, 6.45) is 1.66. The van der Waals surface area contributed by atoms with Crippen LogP contribution in [0, 0.1) is 12.7 Å². The third-order valence-electron chi connectivity index (χ3n) is 2.89. The highest BCUT2D eigenvalue weighted by Crippen LogP contribution is 2.38. The average Bonchev–Trinajstić information content (AvgIpc) is 2.97. The van der Waals surface area contributed by atoms with E-state index in [9.17, 15) is 12.8 Å². The van der Waals surface area contributed by atoms with E-state index in [-0.39, 0.29) is 10.4 Å². The summed E-state index contributed by atoms with van der Waals surface area (Å²) in [5, 5.41) is 0.597. The molecular formula is C11H13BrFNO2S. The number of hydrogen-bond acceptors (Lipinski definition) is 2. The van der Waals surface area contributed by atoms with Gasteiger partial charge >= 0.3 is 0 Å². The van der Waals surface area contributed by atoms with Crippen molar-refractivity contribution in [3.63, 3.8) is 0 Å². The molecule has 94 valence electrons. The predicted octanol–water partition coefficient (Wildman–Crippen LogP) is 2.34. The Balaban J connectivity index is 2.32. The maximum Gasteiger partial charge on any atom is 0.241 e. The first-order valence-corrected chi connectivity index (χ1v) is 7.85. The van der Waals surface area contributed by atoms with E-state index in [1.165, 1.54) is 12.1 Å². The van der Waals surface area contributed by atoms with Gasteiger partial charge in [-0.2, -0.15) is 0 Å². The Hall–Kier alpha value is -0.460. The molecule has 0 radical (unpaired) electrons. The van der Waals surface area contributed by atoms with Gasteiger partial charge in [-0.3, -0.25) is 0 Å². The van der Waals surface area contributed by atoms with Gasteiger partial charge in [0.1, 0.15) is 5.82 Å². The highest BCUT2D eigenvalue weighted by atomic mass is 79.9. The highest BCUT2D eigenvalue weighted by molar-refractivity contribution is 9.09. The zero-order valence-corrected chi connectivity index (χ0v) is 11.7. The molecule has 1 aromatic carbocycles. The normalized spacial score (nSPS) is 18.1. The molecule has 0 heterocycles. The fourth-order valence-electron chi connectivity index (χ4n) is 1.67. The van der Waals surface area contributed by atoms with Crippen molar-refractivity contribution in [3.8, 4) is 0 Å². The van der Waals surface area contributed by atoms with E-state index in [1.807, 2.05) is 0 Å². The van der Waals surface area contributed by atoms with E-state index in [1.54, 1.807) is 6.92 Å². The third kappa shape index (κ3) is 2.69. The highest BCUT2D eigenvalue weighted by Gasteiger charge is 2.45. The number of sulfonamides is 1. The summed E-state index contributed by atoms with van der Waals surface area (Å²) in [4.78, 5) is 0.145. The van der Waals surface area contributed by atoms with Crippen molar-refractivity contribution in [3.05, 3.63) is 29.6 Å². The summed E-state index contributed by atoms with van der Waals surface area (Å²) < 4.78 is 39.9. The lowest BCUT2D eigenvalue weighted by Crippen LogP contribution is -2.38. The number of halogens is 2. The summed E-state index contributed by atoms with van der Waals surface area (Å²) in [5.74, 6) is -0.428. The predicted molar refractivity (Wildman–Crippen MR) is 67.2 cm³/mol. The van der Waals surface area contributed by atoms with Crippen LogP contribution >= 0.6 is 15.9 Å². The van der Waals surface area contributed by atoms with Crippen molar-refractivity contribution in [2.75, 3.05) is 5.33 Å². The Bertz CT molecular complexity index is 540. The van der Waals surface area contributed by atoms with Crippen LogP contribution in [0.3, 0.4) is 0 Å². The molecule has 1 fully saturated rings. The second-order valence-corrected chi connectivity index (χ2v) is 6.64. The van der Waals surface area contributed by atoms with Crippen LogP contribution in [0.25, 0.3) is 0 Å². The standard InChI is InChI=1S/C11H13BrFNO2S/c1-8-6-9(13)2-3-10(8)17(15,16)14-11(7-12)4-5-11/h2-3,6,14H,4-5,7H2,1H3. The minimum atomic E-state index is -3.56. The molecule has 6 heteroatoms. The summed E-state index contributed by atoms with van der Waals surface area (Å²) in [5.41, 5.74) is 0.0718. The van der Waals surface area contributed by atoms with E-state index in [2.05, 4.69) is 20.7 Å². The number of aryl methyl sites for hydroxylation is 1. The molecule has 0 aromatic heterocycles. The topological polar surface area (TPSA) is 46.2 Å². The van der Waals surface area contributed by atoms with Gasteiger partial charge in [0.25, 0.3) is 0 Å². The molecule has 0 spiro atoms. The smallest absolute Gasteiger partial charge is 0.207 e. The van der Waals surface area contributed by atoms with E-state index >= 15 is 0 Å². The molecule has 0 unspecified atom stereocenters. The average molecular weight is 322 g/mol. The lowest BCUT2D eigenvalue weighted by molar-refractivity contribution is 0.559. The van der Waals surface area contributed by atoms with E-state index < -0.39 is 15.8 Å². The molecule has 1 aliphatic carbocycles. The van der Waals surface area contributed by atoms with Gasteiger partial charge < -0.3 is 0 Å². The molecule has 1 aromatic rings. The maximum atomic E-state index is 12.9. The molecule has 3 nitrogen and oxygen atoms in total. The minimum Gasteiger partial charge on any atom is -0.207 e. The van der Waals surface area contributed by atoms with Crippen LogP contribution < -0.4 is 4.72 Å². The second kappa shape index (κ2) is 4.33. The van der Waals surface area contributed by atoms with Crippen LogP contribution in [0.1, 0.15) is 18.4 Å². The number of benzene rings is 1. The molecule has 1 N–H and O–H groups in total. The van der Waals surface area contributed by atoms with Gasteiger partial charge in [0.15, 0.2) is 0 Å². The maximum absolute atomic E-state index is 12.9. The largest absolute Gasteiger partial charge is 0.241 e. The Morgan fingerprint density at radius 3 is 2.59 bits per heavy atom. The lowest BCUT2D eigenvalue weighted by Gasteiger charge is -2.15. The quantitative estimate of drug-likeness (QED) is 0.865. The zero-order chi connectivity index (χ0) is 12.7. The SMILES string of the molecule is Cc1cc(F)ccc1S(=O)(=O)NC1(CBr)CC1. The van der Waals surface area contributed by atoms with Crippen LogP contribution in [-0.2, 0) is 10.0 Å². The number of alkyl halides is 1. The summed E-state index contributed by atoms with van der Waals surface area (Å²) in [7, 11) is -3.56. The van der Waals surface area contributed by atoms with Crippen LogP contribution in [0.4, 0.5) is 4.39 Å². The van der Waals surface area contributed by atoms with E-state index in [0.717, 1.165) is 18.9 Å². The van der Waals surface area contributed by atoms with Crippen LogP contribution in [0.5, 0.6) is 0 Å². The van der Waals surface area contributed by atoms with Gasteiger partial charge in [0, 0.05) is 10.9 Å². The van der Waals surface area contributed by atoms with Gasteiger partial charge in [-0.05, 0) is 43.5 Å². The number of nitrogens with one attached hydrogen (secondary N) is 1.